The van der Waals surface area contributed by atoms with Gasteiger partial charge in [-0.3, -0.25) is 9.89 Å². The van der Waals surface area contributed by atoms with Crippen LogP contribution in [0.15, 0.2) is 71.3 Å². The van der Waals surface area contributed by atoms with Crippen LogP contribution in [0.25, 0.3) is 22.5 Å². The van der Waals surface area contributed by atoms with Crippen LogP contribution in [0.5, 0.6) is 0 Å². The average Bonchev–Trinajstić information content (AvgIpc) is 3.46. The molecule has 0 fully saturated rings. The van der Waals surface area contributed by atoms with Gasteiger partial charge in [-0.1, -0.05) is 35.3 Å². The minimum absolute atomic E-state index is 0.0965. The Bertz CT molecular complexity index is 1160. The number of nitrogens with zero attached hydrogens (tertiary/aromatic N) is 1. The number of carbonyl (C=O) groups excluding carboxylic acids is 1. The normalized spacial score (nSPS) is 10.9. The Hall–Kier alpha value is -2.67. The van der Waals surface area contributed by atoms with Gasteiger partial charge in [-0.15, -0.1) is 0 Å². The molecule has 1 amide bonds. The van der Waals surface area contributed by atoms with Crippen LogP contribution in [0.3, 0.4) is 0 Å². The molecule has 2 heterocycles. The van der Waals surface area contributed by atoms with Gasteiger partial charge in [0.2, 0.25) is 0 Å². The van der Waals surface area contributed by atoms with Crippen molar-refractivity contribution in [1.29, 1.82) is 0 Å². The van der Waals surface area contributed by atoms with Gasteiger partial charge in [0.05, 0.1) is 28.4 Å². The van der Waals surface area contributed by atoms with Crippen molar-refractivity contribution in [3.05, 3.63) is 88.3 Å². The van der Waals surface area contributed by atoms with Crippen molar-refractivity contribution in [3.8, 4) is 22.5 Å². The van der Waals surface area contributed by atoms with Crippen LogP contribution in [-0.2, 0) is 5.75 Å². The summed E-state index contributed by atoms with van der Waals surface area (Å²) in [4.78, 5) is 12.4. The molecule has 0 saturated carbocycles. The van der Waals surface area contributed by atoms with E-state index in [1.54, 1.807) is 42.3 Å². The Kier molecular flexibility index (Phi) is 7.02. The van der Waals surface area contributed by atoms with Crippen LogP contribution >= 0.6 is 35.0 Å². The first kappa shape index (κ1) is 21.6. The molecule has 5 nitrogen and oxygen atoms in total. The number of furan rings is 1. The molecule has 0 aliphatic heterocycles. The van der Waals surface area contributed by atoms with Crippen molar-refractivity contribution in [2.24, 2.45) is 0 Å². The SMILES string of the molecule is O=C(NCCSCc1ccco1)c1ccc(-c2cc(-c3ccc(Cl)cc3Cl)[nH]n2)cc1. The number of halogens is 2. The Morgan fingerprint density at radius 1 is 1.10 bits per heavy atom. The molecular formula is C23H19Cl2N3O2S. The zero-order valence-corrected chi connectivity index (χ0v) is 18.7. The van der Waals surface area contributed by atoms with Gasteiger partial charge < -0.3 is 9.73 Å². The Morgan fingerprint density at radius 3 is 2.68 bits per heavy atom. The molecule has 0 aliphatic carbocycles. The smallest absolute Gasteiger partial charge is 0.251 e. The van der Waals surface area contributed by atoms with Crippen molar-refractivity contribution >= 4 is 40.9 Å². The molecule has 31 heavy (non-hydrogen) atoms. The molecule has 0 aliphatic rings. The molecular weight excluding hydrogens is 453 g/mol. The number of aromatic amines is 1. The van der Waals surface area contributed by atoms with Crippen molar-refractivity contribution in [3.63, 3.8) is 0 Å². The zero-order valence-electron chi connectivity index (χ0n) is 16.4. The van der Waals surface area contributed by atoms with E-state index in [1.807, 2.05) is 36.4 Å². The summed E-state index contributed by atoms with van der Waals surface area (Å²) in [5.74, 6) is 2.45. The third-order valence-electron chi connectivity index (χ3n) is 4.60. The third-order valence-corrected chi connectivity index (χ3v) is 6.13. The Morgan fingerprint density at radius 2 is 1.94 bits per heavy atom. The molecule has 2 N–H and O–H groups in total. The van der Waals surface area contributed by atoms with Gasteiger partial charge in [-0.2, -0.15) is 16.9 Å². The van der Waals surface area contributed by atoms with E-state index < -0.39 is 0 Å². The summed E-state index contributed by atoms with van der Waals surface area (Å²) in [6, 6.07) is 18.4. The second kappa shape index (κ2) is 10.1. The van der Waals surface area contributed by atoms with E-state index in [0.717, 1.165) is 39.8 Å². The largest absolute Gasteiger partial charge is 0.468 e. The summed E-state index contributed by atoms with van der Waals surface area (Å²) in [6.45, 7) is 0.594. The lowest BCUT2D eigenvalue weighted by Crippen LogP contribution is -2.25. The average molecular weight is 472 g/mol. The highest BCUT2D eigenvalue weighted by Crippen LogP contribution is 2.31. The van der Waals surface area contributed by atoms with E-state index in [0.29, 0.717) is 22.2 Å². The molecule has 4 aromatic rings. The van der Waals surface area contributed by atoms with E-state index in [9.17, 15) is 4.79 Å². The maximum Gasteiger partial charge on any atom is 0.251 e. The molecule has 0 radical (unpaired) electrons. The summed E-state index contributed by atoms with van der Waals surface area (Å²) < 4.78 is 5.29. The number of aromatic nitrogens is 2. The fraction of sp³-hybridized carbons (Fsp3) is 0.130. The molecule has 8 heteroatoms. The molecule has 0 saturated heterocycles. The minimum atomic E-state index is -0.0965. The fourth-order valence-corrected chi connectivity index (χ4v) is 4.28. The minimum Gasteiger partial charge on any atom is -0.468 e. The maximum absolute atomic E-state index is 12.4. The lowest BCUT2D eigenvalue weighted by molar-refractivity contribution is 0.0956. The predicted octanol–water partition coefficient (Wildman–Crippen LogP) is 6.31. The van der Waals surface area contributed by atoms with E-state index in [-0.39, 0.29) is 5.91 Å². The van der Waals surface area contributed by atoms with Gasteiger partial charge in [0.1, 0.15) is 5.76 Å². The molecule has 0 unspecified atom stereocenters. The molecule has 2 aromatic carbocycles. The van der Waals surface area contributed by atoms with Crippen LogP contribution < -0.4 is 5.32 Å². The molecule has 0 spiro atoms. The van der Waals surface area contributed by atoms with E-state index in [2.05, 4.69) is 15.5 Å². The first-order chi connectivity index (χ1) is 15.1. The number of carbonyl (C=O) groups is 1. The van der Waals surface area contributed by atoms with Gasteiger partial charge in [0.25, 0.3) is 5.91 Å². The summed E-state index contributed by atoms with van der Waals surface area (Å²) in [6.07, 6.45) is 1.66. The summed E-state index contributed by atoms with van der Waals surface area (Å²) in [7, 11) is 0. The third kappa shape index (κ3) is 5.53. The van der Waals surface area contributed by atoms with Crippen LogP contribution in [0, 0.1) is 0 Å². The maximum atomic E-state index is 12.4. The lowest BCUT2D eigenvalue weighted by atomic mass is 10.1. The van der Waals surface area contributed by atoms with E-state index in [1.165, 1.54) is 0 Å². The van der Waals surface area contributed by atoms with Gasteiger partial charge in [-0.25, -0.2) is 0 Å². The van der Waals surface area contributed by atoms with E-state index >= 15 is 0 Å². The molecule has 0 bridgehead atoms. The second-order valence-electron chi connectivity index (χ2n) is 6.76. The van der Waals surface area contributed by atoms with Gasteiger partial charge in [0.15, 0.2) is 0 Å². The first-order valence-electron chi connectivity index (χ1n) is 9.60. The first-order valence-corrected chi connectivity index (χ1v) is 11.5. The number of benzene rings is 2. The number of nitrogens with one attached hydrogen (secondary N) is 2. The van der Waals surface area contributed by atoms with Crippen molar-refractivity contribution in [2.45, 2.75) is 5.75 Å². The van der Waals surface area contributed by atoms with E-state index in [4.69, 9.17) is 27.6 Å². The van der Waals surface area contributed by atoms with Gasteiger partial charge in [-0.05, 0) is 48.5 Å². The fourth-order valence-electron chi connectivity index (χ4n) is 3.01. The number of thioether (sulfide) groups is 1. The van der Waals surface area contributed by atoms with Crippen molar-refractivity contribution in [2.75, 3.05) is 12.3 Å². The van der Waals surface area contributed by atoms with Crippen LogP contribution in [0.4, 0.5) is 0 Å². The second-order valence-corrected chi connectivity index (χ2v) is 8.71. The Balaban J connectivity index is 1.32. The highest BCUT2D eigenvalue weighted by Gasteiger charge is 2.11. The quantitative estimate of drug-likeness (QED) is 0.295. The summed E-state index contributed by atoms with van der Waals surface area (Å²) in [5.41, 5.74) is 3.90. The summed E-state index contributed by atoms with van der Waals surface area (Å²) >= 11 is 14.0. The molecule has 0 atom stereocenters. The monoisotopic (exact) mass is 471 g/mol. The summed E-state index contributed by atoms with van der Waals surface area (Å²) in [5, 5.41) is 11.4. The number of hydrogen-bond donors (Lipinski definition) is 2. The van der Waals surface area contributed by atoms with Crippen molar-refractivity contribution in [1.82, 2.24) is 15.5 Å². The molecule has 158 valence electrons. The number of H-pyrrole nitrogens is 1. The topological polar surface area (TPSA) is 70.9 Å². The highest BCUT2D eigenvalue weighted by molar-refractivity contribution is 7.98. The number of rotatable bonds is 8. The van der Waals surface area contributed by atoms with Gasteiger partial charge >= 0.3 is 0 Å². The predicted molar refractivity (Wildman–Crippen MR) is 127 cm³/mol. The van der Waals surface area contributed by atoms with Crippen molar-refractivity contribution < 1.29 is 9.21 Å². The van der Waals surface area contributed by atoms with Crippen LogP contribution in [0.1, 0.15) is 16.1 Å². The Labute approximate surface area is 194 Å². The van der Waals surface area contributed by atoms with Gasteiger partial charge in [0, 0.05) is 34.0 Å². The highest BCUT2D eigenvalue weighted by atomic mass is 35.5. The lowest BCUT2D eigenvalue weighted by Gasteiger charge is -2.05. The standard InChI is InChI=1S/C23H19Cl2N3O2S/c24-17-7-8-19(20(25)12-17)22-13-21(27-28-22)15-3-5-16(6-4-15)23(29)26-9-11-31-14-18-2-1-10-30-18/h1-8,10,12-13H,9,11,14H2,(H,26,29)(H,27,28). The number of amides is 1. The van der Waals surface area contributed by atoms with Crippen LogP contribution in [0.2, 0.25) is 10.0 Å². The molecule has 2 aromatic heterocycles. The number of hydrogen-bond acceptors (Lipinski definition) is 4. The van der Waals surface area contributed by atoms with Crippen LogP contribution in [-0.4, -0.2) is 28.4 Å². The zero-order chi connectivity index (χ0) is 21.6. The molecule has 4 rings (SSSR count).